The quantitative estimate of drug-likeness (QED) is 0.816. The zero-order valence-electron chi connectivity index (χ0n) is 15.0. The van der Waals surface area contributed by atoms with Crippen molar-refractivity contribution in [2.45, 2.75) is 50.7 Å². The largest absolute Gasteiger partial charge is 0.392 e. The van der Waals surface area contributed by atoms with Gasteiger partial charge >= 0.3 is 0 Å². The SMILES string of the molecule is CC1CCN(CC[C@@H](C)N(C)S(=O)(=O)c2cccc(CO)c2)CC1. The maximum absolute atomic E-state index is 12.8. The van der Waals surface area contributed by atoms with Crippen LogP contribution in [0.2, 0.25) is 0 Å². The Balaban J connectivity index is 1.96. The van der Waals surface area contributed by atoms with Crippen molar-refractivity contribution >= 4 is 10.0 Å². The zero-order chi connectivity index (χ0) is 17.7. The lowest BCUT2D eigenvalue weighted by molar-refractivity contribution is 0.179. The Morgan fingerprint density at radius 3 is 2.62 bits per heavy atom. The van der Waals surface area contributed by atoms with Crippen molar-refractivity contribution in [1.29, 1.82) is 0 Å². The molecule has 1 aromatic rings. The molecule has 0 bridgehead atoms. The van der Waals surface area contributed by atoms with Crippen LogP contribution in [0.15, 0.2) is 29.2 Å². The molecular formula is C18H30N2O3S. The monoisotopic (exact) mass is 354 g/mol. The molecule has 2 rings (SSSR count). The van der Waals surface area contributed by atoms with Gasteiger partial charge in [0.25, 0.3) is 0 Å². The molecule has 0 spiro atoms. The highest BCUT2D eigenvalue weighted by atomic mass is 32.2. The van der Waals surface area contributed by atoms with Crippen molar-refractivity contribution in [3.8, 4) is 0 Å². The Hall–Kier alpha value is -0.950. The number of nitrogens with zero attached hydrogens (tertiary/aromatic N) is 2. The molecule has 1 aliphatic rings. The normalized spacial score (nSPS) is 18.9. The van der Waals surface area contributed by atoms with Crippen LogP contribution in [0.25, 0.3) is 0 Å². The lowest BCUT2D eigenvalue weighted by Gasteiger charge is -2.32. The second kappa shape index (κ2) is 8.43. The third-order valence-electron chi connectivity index (χ3n) is 5.12. The first kappa shape index (κ1) is 19.4. The maximum Gasteiger partial charge on any atom is 0.243 e. The molecule has 1 heterocycles. The first-order valence-corrected chi connectivity index (χ1v) is 10.2. The van der Waals surface area contributed by atoms with Crippen LogP contribution in [0.5, 0.6) is 0 Å². The summed E-state index contributed by atoms with van der Waals surface area (Å²) < 4.78 is 27.0. The standard InChI is InChI=1S/C18H30N2O3S/c1-15-7-10-20(11-8-15)12-9-16(2)19(3)24(22,23)18-6-4-5-17(13-18)14-21/h4-6,13,15-16,21H,7-12,14H2,1-3H3/t16-/m1/s1. The summed E-state index contributed by atoms with van der Waals surface area (Å²) in [5, 5.41) is 9.21. The molecule has 0 radical (unpaired) electrons. The van der Waals surface area contributed by atoms with Gasteiger partial charge in [-0.15, -0.1) is 0 Å². The van der Waals surface area contributed by atoms with Crippen molar-refractivity contribution in [3.63, 3.8) is 0 Å². The lowest BCUT2D eigenvalue weighted by atomic mass is 9.99. The molecule has 136 valence electrons. The summed E-state index contributed by atoms with van der Waals surface area (Å²) in [6, 6.07) is 6.46. The van der Waals surface area contributed by atoms with Crippen LogP contribution in [0.4, 0.5) is 0 Å². The van der Waals surface area contributed by atoms with E-state index in [9.17, 15) is 13.5 Å². The van der Waals surface area contributed by atoms with E-state index in [-0.39, 0.29) is 17.5 Å². The van der Waals surface area contributed by atoms with E-state index < -0.39 is 10.0 Å². The minimum atomic E-state index is -3.53. The van der Waals surface area contributed by atoms with E-state index in [1.54, 1.807) is 31.3 Å². The molecule has 1 saturated heterocycles. The summed E-state index contributed by atoms with van der Waals surface area (Å²) in [5.74, 6) is 0.806. The lowest BCUT2D eigenvalue weighted by Crippen LogP contribution is -2.39. The fourth-order valence-corrected chi connectivity index (χ4v) is 4.51. The number of aliphatic hydroxyl groups is 1. The van der Waals surface area contributed by atoms with E-state index >= 15 is 0 Å². The van der Waals surface area contributed by atoms with Crippen molar-refractivity contribution < 1.29 is 13.5 Å². The van der Waals surface area contributed by atoms with Gasteiger partial charge in [-0.25, -0.2) is 8.42 Å². The van der Waals surface area contributed by atoms with Crippen LogP contribution in [0.1, 0.15) is 38.7 Å². The van der Waals surface area contributed by atoms with Crippen LogP contribution in [-0.4, -0.2) is 55.5 Å². The van der Waals surface area contributed by atoms with Gasteiger partial charge in [0.1, 0.15) is 0 Å². The first-order valence-electron chi connectivity index (χ1n) is 8.74. The molecule has 1 atom stereocenters. The van der Waals surface area contributed by atoms with E-state index in [0.717, 1.165) is 32.0 Å². The van der Waals surface area contributed by atoms with Crippen LogP contribution >= 0.6 is 0 Å². The van der Waals surface area contributed by atoms with Crippen LogP contribution in [0, 0.1) is 5.92 Å². The van der Waals surface area contributed by atoms with Crippen LogP contribution < -0.4 is 0 Å². The molecular weight excluding hydrogens is 324 g/mol. The van der Waals surface area contributed by atoms with Gasteiger partial charge in [-0.2, -0.15) is 4.31 Å². The number of aliphatic hydroxyl groups excluding tert-OH is 1. The third-order valence-corrected chi connectivity index (χ3v) is 7.09. The highest BCUT2D eigenvalue weighted by Gasteiger charge is 2.26. The molecule has 1 aromatic carbocycles. The molecule has 1 aliphatic heterocycles. The molecule has 1 fully saturated rings. The molecule has 1 N–H and O–H groups in total. The molecule has 0 saturated carbocycles. The smallest absolute Gasteiger partial charge is 0.243 e. The molecule has 0 amide bonds. The molecule has 0 aromatic heterocycles. The van der Waals surface area contributed by atoms with Crippen molar-refractivity contribution in [1.82, 2.24) is 9.21 Å². The Bertz CT molecular complexity index is 625. The maximum atomic E-state index is 12.8. The minimum Gasteiger partial charge on any atom is -0.392 e. The first-order chi connectivity index (χ1) is 11.3. The highest BCUT2D eigenvalue weighted by Crippen LogP contribution is 2.21. The summed E-state index contributed by atoms with van der Waals surface area (Å²) in [7, 11) is -1.89. The van der Waals surface area contributed by atoms with Crippen LogP contribution in [0.3, 0.4) is 0 Å². The molecule has 5 nitrogen and oxygen atoms in total. The topological polar surface area (TPSA) is 60.9 Å². The second-order valence-corrected chi connectivity index (χ2v) is 8.99. The number of rotatable bonds is 7. The predicted octanol–water partition coefficient (Wildman–Crippen LogP) is 2.31. The number of likely N-dealkylation sites (tertiary alicyclic amines) is 1. The number of hydrogen-bond acceptors (Lipinski definition) is 4. The second-order valence-electron chi connectivity index (χ2n) is 6.99. The molecule has 0 unspecified atom stereocenters. The number of sulfonamides is 1. The van der Waals surface area contributed by atoms with Gasteiger partial charge in [-0.3, -0.25) is 0 Å². The zero-order valence-corrected chi connectivity index (χ0v) is 15.8. The van der Waals surface area contributed by atoms with E-state index in [1.165, 1.54) is 17.1 Å². The van der Waals surface area contributed by atoms with E-state index in [0.29, 0.717) is 5.56 Å². The Morgan fingerprint density at radius 1 is 1.33 bits per heavy atom. The molecule has 0 aliphatic carbocycles. The summed E-state index contributed by atoms with van der Waals surface area (Å²) in [5.41, 5.74) is 0.611. The summed E-state index contributed by atoms with van der Waals surface area (Å²) in [6.07, 6.45) is 3.29. The van der Waals surface area contributed by atoms with Crippen molar-refractivity contribution in [2.75, 3.05) is 26.7 Å². The van der Waals surface area contributed by atoms with Gasteiger partial charge in [-0.1, -0.05) is 19.1 Å². The highest BCUT2D eigenvalue weighted by molar-refractivity contribution is 7.89. The fraction of sp³-hybridized carbons (Fsp3) is 0.667. The van der Waals surface area contributed by atoms with E-state index in [4.69, 9.17) is 0 Å². The molecule has 24 heavy (non-hydrogen) atoms. The van der Waals surface area contributed by atoms with Crippen molar-refractivity contribution in [2.24, 2.45) is 5.92 Å². The third kappa shape index (κ3) is 4.79. The van der Waals surface area contributed by atoms with Gasteiger partial charge in [0.2, 0.25) is 10.0 Å². The summed E-state index contributed by atoms with van der Waals surface area (Å²) >= 11 is 0. The number of piperidine rings is 1. The summed E-state index contributed by atoms with van der Waals surface area (Å²) in [6.45, 7) is 7.26. The average molecular weight is 355 g/mol. The predicted molar refractivity (Wildman–Crippen MR) is 96.2 cm³/mol. The van der Waals surface area contributed by atoms with E-state index in [2.05, 4.69) is 11.8 Å². The van der Waals surface area contributed by atoms with Gasteiger partial charge in [0.15, 0.2) is 0 Å². The van der Waals surface area contributed by atoms with Gasteiger partial charge < -0.3 is 10.0 Å². The Labute approximate surface area is 146 Å². The number of benzene rings is 1. The van der Waals surface area contributed by atoms with Gasteiger partial charge in [-0.05, 0) is 69.4 Å². The van der Waals surface area contributed by atoms with Crippen molar-refractivity contribution in [3.05, 3.63) is 29.8 Å². The minimum absolute atomic E-state index is 0.0628. The number of hydrogen-bond donors (Lipinski definition) is 1. The van der Waals surface area contributed by atoms with Gasteiger partial charge in [0, 0.05) is 13.1 Å². The Kier molecular flexibility index (Phi) is 6.80. The fourth-order valence-electron chi connectivity index (χ4n) is 3.04. The van der Waals surface area contributed by atoms with Crippen LogP contribution in [-0.2, 0) is 16.6 Å². The summed E-state index contributed by atoms with van der Waals surface area (Å²) in [4.78, 5) is 2.68. The van der Waals surface area contributed by atoms with E-state index in [1.807, 2.05) is 6.92 Å². The average Bonchev–Trinajstić information content (AvgIpc) is 2.60. The molecule has 6 heteroatoms. The Morgan fingerprint density at radius 2 is 2.00 bits per heavy atom. The van der Waals surface area contributed by atoms with Gasteiger partial charge in [0.05, 0.1) is 11.5 Å².